The van der Waals surface area contributed by atoms with Gasteiger partial charge in [-0.15, -0.1) is 0 Å². The molecule has 0 saturated heterocycles. The van der Waals surface area contributed by atoms with Gasteiger partial charge in [-0.2, -0.15) is 0 Å². The highest BCUT2D eigenvalue weighted by molar-refractivity contribution is 7.97. The van der Waals surface area contributed by atoms with Gasteiger partial charge in [-0.3, -0.25) is 0 Å². The predicted octanol–water partition coefficient (Wildman–Crippen LogP) is 10.5. The fourth-order valence-corrected chi connectivity index (χ4v) is 15.1. The van der Waals surface area contributed by atoms with Crippen molar-refractivity contribution in [3.05, 3.63) is 328 Å². The highest BCUT2D eigenvalue weighted by Gasteiger charge is 2.30. The number of aromatic amines is 3. The molecule has 0 saturated carbocycles. The zero-order valence-corrected chi connectivity index (χ0v) is 51.6. The van der Waals surface area contributed by atoms with Crippen molar-refractivity contribution in [1.29, 1.82) is 0 Å². The lowest BCUT2D eigenvalue weighted by Crippen LogP contribution is -2.24. The lowest BCUT2D eigenvalue weighted by atomic mass is 10.4. The SMILES string of the molecule is O=C([O-])c1ncc2[nH]cnc2n1.O=C([O-])c1ncc2[nH]cnc2n1.O=C([O-])c1ncc2[nH]cnc2n1.c1ccc([S+](c2ccccc2)c2ccccc2)cc1.c1ccc([S+](c2ccccc2)c2ccccc2)cc1.c1ccc([S+](c2ccccc2)c2ccccc2)cc1. The van der Waals surface area contributed by atoms with Crippen LogP contribution in [-0.4, -0.2) is 77.7 Å². The van der Waals surface area contributed by atoms with Gasteiger partial charge in [0, 0.05) is 0 Å². The van der Waals surface area contributed by atoms with Crippen molar-refractivity contribution in [2.45, 2.75) is 44.1 Å². The smallest absolute Gasteiger partial charge is 0.181 e. The van der Waals surface area contributed by atoms with Crippen LogP contribution in [0.5, 0.6) is 0 Å². The Bertz CT molecular complexity index is 3990. The van der Waals surface area contributed by atoms with Crippen molar-refractivity contribution in [2.24, 2.45) is 0 Å². The molecule has 9 aromatic carbocycles. The van der Waals surface area contributed by atoms with Crippen molar-refractivity contribution in [2.75, 3.05) is 0 Å². The number of rotatable bonds is 12. The number of H-pyrrole nitrogens is 3. The van der Waals surface area contributed by atoms with E-state index in [1.807, 2.05) is 0 Å². The van der Waals surface area contributed by atoms with Crippen LogP contribution in [0, 0.1) is 0 Å². The Morgan fingerprint density at radius 1 is 0.247 bits per heavy atom. The molecule has 0 unspecified atom stereocenters. The predicted molar refractivity (Wildman–Crippen MR) is 353 cm³/mol. The fourth-order valence-electron chi connectivity index (χ4n) is 8.74. The molecular formula is C72H54N12O6S3. The summed E-state index contributed by atoms with van der Waals surface area (Å²) in [6.07, 6.45) is 8.29. The van der Waals surface area contributed by atoms with Gasteiger partial charge in [-0.25, -0.2) is 44.9 Å². The Morgan fingerprint density at radius 2 is 0.409 bits per heavy atom. The van der Waals surface area contributed by atoms with Crippen LogP contribution in [0.4, 0.5) is 0 Å². The number of fused-ring (bicyclic) bond motifs is 3. The molecule has 0 aliphatic carbocycles. The first-order chi connectivity index (χ1) is 45.7. The summed E-state index contributed by atoms with van der Waals surface area (Å²) >= 11 is 0. The quantitative estimate of drug-likeness (QED) is 0.0959. The third kappa shape index (κ3) is 17.9. The van der Waals surface area contributed by atoms with Crippen LogP contribution in [0.3, 0.4) is 0 Å². The van der Waals surface area contributed by atoms with Crippen molar-refractivity contribution >= 4 is 84.1 Å². The van der Waals surface area contributed by atoms with Crippen LogP contribution in [0.1, 0.15) is 31.9 Å². The molecule has 15 rings (SSSR count). The Balaban J connectivity index is 0.000000124. The van der Waals surface area contributed by atoms with Gasteiger partial charge >= 0.3 is 0 Å². The standard InChI is InChI=1S/3C18H15S.3C6H4N4O2/c3*1-4-10-16(11-5-1)19(17-12-6-2-7-13-17)18-14-8-3-9-15-18;3*11-6(12)5-7-1-3-4(10-5)9-2-8-3/h3*1-15H;3*1-2H,(H,11,12)(H,7,8,9,10)/q3*+1;;;/p-3. The summed E-state index contributed by atoms with van der Waals surface area (Å²) in [5.41, 5.74) is 2.76. The normalized spacial score (nSPS) is 10.5. The third-order valence-electron chi connectivity index (χ3n) is 12.9. The van der Waals surface area contributed by atoms with E-state index in [4.69, 9.17) is 0 Å². The number of hydrogen-bond acceptors (Lipinski definition) is 15. The molecule has 15 aromatic rings. The second-order valence-electron chi connectivity index (χ2n) is 19.1. The number of aromatic carboxylic acids is 3. The first-order valence-corrected chi connectivity index (χ1v) is 32.1. The maximum Gasteiger partial charge on any atom is 0.181 e. The Morgan fingerprint density at radius 3 is 0.559 bits per heavy atom. The van der Waals surface area contributed by atoms with Gasteiger partial charge in [0.25, 0.3) is 0 Å². The van der Waals surface area contributed by atoms with E-state index in [2.05, 4.69) is 333 Å². The number of carbonyl (C=O) groups is 3. The van der Waals surface area contributed by atoms with Crippen molar-refractivity contribution in [3.8, 4) is 0 Å². The average Bonchev–Trinajstić information content (AvgIpc) is 2.05. The first-order valence-electron chi connectivity index (χ1n) is 28.5. The Hall–Kier alpha value is -11.9. The van der Waals surface area contributed by atoms with Gasteiger partial charge in [0.1, 0.15) is 34.5 Å². The zero-order valence-electron chi connectivity index (χ0n) is 49.1. The molecule has 6 heterocycles. The van der Waals surface area contributed by atoms with E-state index in [0.29, 0.717) is 33.5 Å². The second kappa shape index (κ2) is 33.1. The minimum atomic E-state index is -1.40. The van der Waals surface area contributed by atoms with Crippen LogP contribution in [0.15, 0.2) is 355 Å². The van der Waals surface area contributed by atoms with Gasteiger partial charge in [0.05, 0.1) is 70.3 Å². The van der Waals surface area contributed by atoms with Gasteiger partial charge in [-0.05, 0) is 109 Å². The molecule has 18 nitrogen and oxygen atoms in total. The number of carboxylic acids is 3. The molecule has 0 aliphatic heterocycles. The number of nitrogens with one attached hydrogen (secondary N) is 3. The van der Waals surface area contributed by atoms with E-state index in [1.165, 1.54) is 81.6 Å². The topological polar surface area (TPSA) is 284 Å². The van der Waals surface area contributed by atoms with Gasteiger partial charge in [-0.1, -0.05) is 164 Å². The van der Waals surface area contributed by atoms with Crippen molar-refractivity contribution in [1.82, 2.24) is 59.8 Å². The van der Waals surface area contributed by atoms with Crippen molar-refractivity contribution < 1.29 is 29.7 Å². The van der Waals surface area contributed by atoms with E-state index in [-0.39, 0.29) is 50.2 Å². The van der Waals surface area contributed by atoms with Crippen molar-refractivity contribution in [3.63, 3.8) is 0 Å². The molecule has 0 atom stereocenters. The highest BCUT2D eigenvalue weighted by atomic mass is 32.2. The molecular weight excluding hydrogens is 1230 g/mol. The number of carbonyl (C=O) groups excluding carboxylic acids is 3. The molecule has 456 valence electrons. The highest BCUT2D eigenvalue weighted by Crippen LogP contribution is 2.33. The van der Waals surface area contributed by atoms with Crippen LogP contribution < -0.4 is 15.3 Å². The summed E-state index contributed by atoms with van der Waals surface area (Å²) in [6, 6.07) is 96.5. The minimum Gasteiger partial charge on any atom is -0.542 e. The summed E-state index contributed by atoms with van der Waals surface area (Å²) in [4.78, 5) is 84.1. The molecule has 3 N–H and O–H groups in total. The molecule has 0 amide bonds. The lowest BCUT2D eigenvalue weighted by molar-refractivity contribution is -0.257. The summed E-state index contributed by atoms with van der Waals surface area (Å²) in [5, 5.41) is 30.9. The Kier molecular flexibility index (Phi) is 22.8. The monoisotopic (exact) mass is 1280 g/mol. The maximum absolute atomic E-state index is 10.3. The number of carboxylic acid groups (broad SMARTS) is 3. The van der Waals surface area contributed by atoms with E-state index in [1.54, 1.807) is 0 Å². The third-order valence-corrected chi connectivity index (χ3v) is 19.6. The molecule has 0 fully saturated rings. The van der Waals surface area contributed by atoms with Crippen LogP contribution >= 0.6 is 0 Å². The first kappa shape index (κ1) is 64.1. The zero-order chi connectivity index (χ0) is 64.4. The number of hydrogen-bond donors (Lipinski definition) is 3. The maximum atomic E-state index is 10.3. The molecule has 0 radical (unpaired) electrons. The van der Waals surface area contributed by atoms with E-state index < -0.39 is 17.9 Å². The largest absolute Gasteiger partial charge is 0.542 e. The van der Waals surface area contributed by atoms with E-state index in [9.17, 15) is 29.7 Å². The van der Waals surface area contributed by atoms with Gasteiger partial charge in [0.2, 0.25) is 0 Å². The van der Waals surface area contributed by atoms with Crippen LogP contribution in [0.2, 0.25) is 0 Å². The number of nitrogens with zero attached hydrogens (tertiary/aromatic N) is 9. The Labute approximate surface area is 542 Å². The van der Waals surface area contributed by atoms with Gasteiger partial charge in [0.15, 0.2) is 78.5 Å². The fraction of sp³-hybridized carbons (Fsp3) is 0. The molecule has 93 heavy (non-hydrogen) atoms. The number of imidazole rings is 3. The summed E-state index contributed by atoms with van der Waals surface area (Å²) < 4.78 is 0. The van der Waals surface area contributed by atoms with Crippen LogP contribution in [0.25, 0.3) is 33.5 Å². The number of benzene rings is 9. The summed E-state index contributed by atoms with van der Waals surface area (Å²) in [6.45, 7) is 0. The lowest BCUT2D eigenvalue weighted by Gasteiger charge is -2.07. The van der Waals surface area contributed by atoms with E-state index >= 15 is 0 Å². The molecule has 21 heteroatoms. The molecule has 0 aliphatic rings. The summed E-state index contributed by atoms with van der Waals surface area (Å²) in [7, 11) is -0.0439. The summed E-state index contributed by atoms with van der Waals surface area (Å²) in [5.74, 6) is -5.27. The van der Waals surface area contributed by atoms with E-state index in [0.717, 1.165) is 0 Å². The number of aromatic nitrogens is 12. The molecule has 0 spiro atoms. The second-order valence-corrected chi connectivity index (χ2v) is 25.2. The van der Waals surface area contributed by atoms with Crippen LogP contribution in [-0.2, 0) is 32.7 Å². The molecule has 6 aromatic heterocycles. The average molecular weight is 1280 g/mol. The minimum absolute atomic E-state index is 0.0146. The van der Waals surface area contributed by atoms with Gasteiger partial charge < -0.3 is 44.7 Å². The molecule has 0 bridgehead atoms.